The summed E-state index contributed by atoms with van der Waals surface area (Å²) in [7, 11) is 0. The number of halogens is 1. The number of H-pyrrole nitrogens is 1. The maximum atomic E-state index is 14.1. The topological polar surface area (TPSA) is 70.1 Å². The summed E-state index contributed by atoms with van der Waals surface area (Å²) in [5.41, 5.74) is 4.49. The van der Waals surface area contributed by atoms with Crippen molar-refractivity contribution in [1.82, 2.24) is 15.5 Å². The fourth-order valence-corrected chi connectivity index (χ4v) is 3.81. The highest BCUT2D eigenvalue weighted by Crippen LogP contribution is 2.32. The molecule has 0 radical (unpaired) electrons. The molecule has 0 bridgehead atoms. The van der Waals surface area contributed by atoms with Crippen molar-refractivity contribution in [2.24, 2.45) is 4.99 Å². The van der Waals surface area contributed by atoms with Crippen molar-refractivity contribution in [3.05, 3.63) is 76.1 Å². The highest BCUT2D eigenvalue weighted by atomic mass is 32.2. The molecule has 1 aliphatic rings. The van der Waals surface area contributed by atoms with Crippen LogP contribution in [-0.4, -0.2) is 21.3 Å². The molecule has 140 valence electrons. The lowest BCUT2D eigenvalue weighted by atomic mass is 10.1. The van der Waals surface area contributed by atoms with Crippen molar-refractivity contribution in [3.8, 4) is 11.3 Å². The van der Waals surface area contributed by atoms with Crippen molar-refractivity contribution in [2.75, 3.05) is 0 Å². The van der Waals surface area contributed by atoms with Crippen LogP contribution >= 0.6 is 11.8 Å². The molecular formula is C21H17FN4OS. The normalized spacial score (nSPS) is 16.8. The number of aryl methyl sites for hydroxylation is 2. The Balaban J connectivity index is 1.66. The quantitative estimate of drug-likeness (QED) is 0.634. The summed E-state index contributed by atoms with van der Waals surface area (Å²) in [5, 5.41) is 10.1. The van der Waals surface area contributed by atoms with Crippen LogP contribution in [0.3, 0.4) is 0 Å². The Hall–Kier alpha value is -3.19. The van der Waals surface area contributed by atoms with E-state index in [4.69, 9.17) is 0 Å². The van der Waals surface area contributed by atoms with E-state index in [1.54, 1.807) is 30.5 Å². The third-order valence-electron chi connectivity index (χ3n) is 4.40. The molecule has 7 heteroatoms. The minimum Gasteiger partial charge on any atom is -0.300 e. The Morgan fingerprint density at radius 1 is 1.11 bits per heavy atom. The van der Waals surface area contributed by atoms with Crippen molar-refractivity contribution >= 4 is 34.6 Å². The van der Waals surface area contributed by atoms with Crippen LogP contribution in [-0.2, 0) is 4.79 Å². The van der Waals surface area contributed by atoms with Gasteiger partial charge in [-0.3, -0.25) is 9.89 Å². The number of rotatable bonds is 3. The lowest BCUT2D eigenvalue weighted by Gasteiger charge is -2.04. The molecule has 2 heterocycles. The second kappa shape index (κ2) is 7.44. The van der Waals surface area contributed by atoms with Crippen molar-refractivity contribution in [2.45, 2.75) is 13.8 Å². The van der Waals surface area contributed by atoms with Crippen LogP contribution in [0.2, 0.25) is 0 Å². The molecule has 1 amide bonds. The summed E-state index contributed by atoms with van der Waals surface area (Å²) in [4.78, 5) is 17.5. The number of hydrogen-bond donors (Lipinski definition) is 2. The van der Waals surface area contributed by atoms with Gasteiger partial charge in [-0.2, -0.15) is 5.10 Å². The van der Waals surface area contributed by atoms with Gasteiger partial charge in [0.15, 0.2) is 5.17 Å². The second-order valence-electron chi connectivity index (χ2n) is 6.40. The van der Waals surface area contributed by atoms with Crippen LogP contribution in [0, 0.1) is 19.7 Å². The fourth-order valence-electron chi connectivity index (χ4n) is 2.99. The molecule has 4 rings (SSSR count). The highest BCUT2D eigenvalue weighted by molar-refractivity contribution is 8.18. The summed E-state index contributed by atoms with van der Waals surface area (Å²) in [5.74, 6) is -0.595. The number of amidine groups is 1. The van der Waals surface area contributed by atoms with Crippen molar-refractivity contribution in [1.29, 1.82) is 0 Å². The van der Waals surface area contributed by atoms with Crippen LogP contribution in [0.15, 0.2) is 58.6 Å². The number of nitrogens with one attached hydrogen (secondary N) is 2. The Labute approximate surface area is 165 Å². The monoisotopic (exact) mass is 392 g/mol. The van der Waals surface area contributed by atoms with Gasteiger partial charge in [0.05, 0.1) is 22.5 Å². The summed E-state index contributed by atoms with van der Waals surface area (Å²) < 4.78 is 14.1. The first-order chi connectivity index (χ1) is 13.5. The van der Waals surface area contributed by atoms with Crippen molar-refractivity contribution < 1.29 is 9.18 Å². The first-order valence-electron chi connectivity index (χ1n) is 8.67. The smallest absolute Gasteiger partial charge is 0.264 e. The van der Waals surface area contributed by atoms with E-state index in [1.807, 2.05) is 32.0 Å². The number of hydrogen-bond acceptors (Lipinski definition) is 4. The van der Waals surface area contributed by atoms with E-state index >= 15 is 0 Å². The number of aromatic nitrogens is 2. The van der Waals surface area contributed by atoms with Crippen LogP contribution in [0.5, 0.6) is 0 Å². The van der Waals surface area contributed by atoms with Crippen molar-refractivity contribution in [3.63, 3.8) is 0 Å². The van der Waals surface area contributed by atoms with Gasteiger partial charge in [-0.1, -0.05) is 30.3 Å². The lowest BCUT2D eigenvalue weighted by molar-refractivity contribution is -0.115. The van der Waals surface area contributed by atoms with Crippen LogP contribution in [0.1, 0.15) is 16.7 Å². The first kappa shape index (κ1) is 18.2. The van der Waals surface area contributed by atoms with Gasteiger partial charge < -0.3 is 5.32 Å². The zero-order chi connectivity index (χ0) is 19.7. The zero-order valence-corrected chi connectivity index (χ0v) is 16.1. The molecule has 5 nitrogen and oxygen atoms in total. The molecule has 3 aromatic rings. The Bertz CT molecular complexity index is 1110. The van der Waals surface area contributed by atoms with Gasteiger partial charge in [0.1, 0.15) is 5.82 Å². The molecule has 0 atom stereocenters. The Kier molecular flexibility index (Phi) is 4.83. The maximum Gasteiger partial charge on any atom is 0.264 e. The van der Waals surface area contributed by atoms with E-state index in [9.17, 15) is 9.18 Å². The third kappa shape index (κ3) is 3.48. The van der Waals surface area contributed by atoms with E-state index in [1.165, 1.54) is 17.8 Å². The first-order valence-corrected chi connectivity index (χ1v) is 9.48. The highest BCUT2D eigenvalue weighted by Gasteiger charge is 2.25. The van der Waals surface area contributed by atoms with Crippen LogP contribution in [0.4, 0.5) is 10.1 Å². The average Bonchev–Trinajstić information content (AvgIpc) is 3.26. The molecule has 1 saturated heterocycles. The molecule has 0 spiro atoms. The number of thioether (sulfide) groups is 1. The molecule has 1 aliphatic heterocycles. The maximum absolute atomic E-state index is 14.1. The molecule has 2 aromatic carbocycles. The number of para-hydroxylation sites is 1. The minimum absolute atomic E-state index is 0.240. The van der Waals surface area contributed by atoms with E-state index in [2.05, 4.69) is 20.5 Å². The Morgan fingerprint density at radius 3 is 2.61 bits per heavy atom. The van der Waals surface area contributed by atoms with Crippen LogP contribution < -0.4 is 5.32 Å². The molecule has 1 fully saturated rings. The van der Waals surface area contributed by atoms with E-state index < -0.39 is 0 Å². The summed E-state index contributed by atoms with van der Waals surface area (Å²) >= 11 is 1.25. The predicted octanol–water partition coefficient (Wildman–Crippen LogP) is 4.72. The number of nitrogens with zero attached hydrogens (tertiary/aromatic N) is 2. The molecule has 0 saturated carbocycles. The average molecular weight is 392 g/mol. The molecule has 0 unspecified atom stereocenters. The standard InChI is InChI=1S/C21H17FN4OS/c1-12-6-5-7-13(2)18(12)24-21-25-20(27)17(28-21)10-14-11-23-26-19(14)15-8-3-4-9-16(15)22/h3-11H,1-2H3,(H,23,26)(H,24,25,27). The molecule has 0 aliphatic carbocycles. The van der Waals surface area contributed by atoms with Gasteiger partial charge in [-0.25, -0.2) is 9.38 Å². The van der Waals surface area contributed by atoms with E-state index in [-0.39, 0.29) is 11.7 Å². The SMILES string of the molecule is Cc1cccc(C)c1N=C1NC(=O)C(=Cc2cn[nH]c2-c2ccccc2F)S1. The fraction of sp³-hybridized carbons (Fsp3) is 0.0952. The Morgan fingerprint density at radius 2 is 1.86 bits per heavy atom. The predicted molar refractivity (Wildman–Crippen MR) is 111 cm³/mol. The van der Waals surface area contributed by atoms with E-state index in [0.29, 0.717) is 26.9 Å². The van der Waals surface area contributed by atoms with Gasteiger partial charge in [-0.15, -0.1) is 0 Å². The van der Waals surface area contributed by atoms with Gasteiger partial charge >= 0.3 is 0 Å². The zero-order valence-electron chi connectivity index (χ0n) is 15.3. The second-order valence-corrected chi connectivity index (χ2v) is 7.43. The summed E-state index contributed by atoms with van der Waals surface area (Å²) in [6, 6.07) is 12.4. The van der Waals surface area contributed by atoms with Gasteiger partial charge in [0.25, 0.3) is 5.91 Å². The molecular weight excluding hydrogens is 375 g/mol. The number of amides is 1. The van der Waals surface area contributed by atoms with E-state index in [0.717, 1.165) is 16.8 Å². The molecule has 1 aromatic heterocycles. The van der Waals surface area contributed by atoms with Gasteiger partial charge in [0.2, 0.25) is 0 Å². The third-order valence-corrected chi connectivity index (χ3v) is 5.31. The van der Waals surface area contributed by atoms with Gasteiger partial charge in [0, 0.05) is 11.1 Å². The molecule has 28 heavy (non-hydrogen) atoms. The number of carbonyl (C=O) groups excluding carboxylic acids is 1. The number of benzene rings is 2. The molecule has 2 N–H and O–H groups in total. The number of carbonyl (C=O) groups is 1. The summed E-state index contributed by atoms with van der Waals surface area (Å²) in [6.07, 6.45) is 3.27. The largest absolute Gasteiger partial charge is 0.300 e. The summed E-state index contributed by atoms with van der Waals surface area (Å²) in [6.45, 7) is 3.97. The van der Waals surface area contributed by atoms with Crippen LogP contribution in [0.25, 0.3) is 17.3 Å². The van der Waals surface area contributed by atoms with Gasteiger partial charge in [-0.05, 0) is 54.9 Å². The number of aliphatic imine (C=N–C) groups is 1. The number of aromatic amines is 1. The lowest BCUT2D eigenvalue weighted by Crippen LogP contribution is -2.19. The minimum atomic E-state index is -0.354.